The van der Waals surface area contributed by atoms with Gasteiger partial charge in [0.05, 0.1) is 90.9 Å². The summed E-state index contributed by atoms with van der Waals surface area (Å²) >= 11 is 13.0. The number of likely N-dealkylation sites (N-methyl/N-ethyl adjacent to an activating group) is 2. The molecule has 1 saturated heterocycles. The van der Waals surface area contributed by atoms with Crippen LogP contribution in [-0.4, -0.2) is 205 Å². The van der Waals surface area contributed by atoms with Crippen molar-refractivity contribution in [3.05, 3.63) is 24.3 Å². The third-order valence-electron chi connectivity index (χ3n) is 13.1. The van der Waals surface area contributed by atoms with Crippen LogP contribution >= 0.6 is 75.1 Å². The number of nitrogens with zero attached hydrogens (tertiary/aromatic N) is 3. The zero-order valence-electron chi connectivity index (χ0n) is 53.5. The van der Waals surface area contributed by atoms with Crippen LogP contribution in [-0.2, 0) is 79.7 Å². The number of esters is 4. The van der Waals surface area contributed by atoms with Crippen molar-refractivity contribution < 1.29 is 104 Å². The summed E-state index contributed by atoms with van der Waals surface area (Å²) in [4.78, 5) is 108. The van der Waals surface area contributed by atoms with Crippen LogP contribution in [0.15, 0.2) is 24.3 Å². The van der Waals surface area contributed by atoms with Gasteiger partial charge in [0.15, 0.2) is 0 Å². The van der Waals surface area contributed by atoms with Crippen LogP contribution in [0, 0.1) is 27.6 Å². The van der Waals surface area contributed by atoms with E-state index >= 15 is 0 Å². The number of carbonyl (C=O) groups excluding carboxylic acids is 6. The van der Waals surface area contributed by atoms with E-state index in [0.29, 0.717) is 47.0 Å². The summed E-state index contributed by atoms with van der Waals surface area (Å²) in [5, 5.41) is 26.0. The number of phosphoric acid groups is 2. The first-order valence-corrected chi connectivity index (χ1v) is 36.0. The molecule has 1 rings (SSSR count). The first-order chi connectivity index (χ1) is 40.7. The van der Waals surface area contributed by atoms with E-state index in [0.717, 1.165) is 43.1 Å². The molecule has 0 aliphatic carbocycles. The fourth-order valence-electron chi connectivity index (χ4n) is 7.38. The van der Waals surface area contributed by atoms with Gasteiger partial charge in [-0.2, -0.15) is 43.1 Å². The van der Waals surface area contributed by atoms with E-state index in [-0.39, 0.29) is 101 Å². The van der Waals surface area contributed by atoms with Crippen molar-refractivity contribution in [1.82, 2.24) is 10.6 Å². The van der Waals surface area contributed by atoms with Crippen LogP contribution in [0.1, 0.15) is 126 Å². The number of carboxylic acids is 1. The SMILES string of the molecule is C.C=C(C)C(=O)OCCNC(=O)CCCCC1CCSS1.C=C(C)C(=O)OCCOP(=O)([O-])OCC[N+](C)(C)C.CC(CS)(CC(C)(C(=O)OCCNC(=O)CCCCC(S)CCS)C(C)(C#N)CCC(=O)O)C(=O)OCCOP(=O)([O-])OCC[N+](C)(C)C. The highest BCUT2D eigenvalue weighted by atomic mass is 33.1. The third-order valence-corrected chi connectivity index (χ3v) is 19.5. The second-order valence-electron chi connectivity index (χ2n) is 23.6. The largest absolute Gasteiger partial charge is 0.756 e. The smallest absolute Gasteiger partial charge is 0.333 e. The molecule has 89 heavy (non-hydrogen) atoms. The fraction of sp³-hybridized carbons (Fsp3) is 0.789. The van der Waals surface area contributed by atoms with E-state index in [1.807, 2.05) is 63.9 Å². The van der Waals surface area contributed by atoms with Crippen molar-refractivity contribution in [2.45, 2.75) is 136 Å². The number of carboxylic acid groups (broad SMARTS) is 1. The van der Waals surface area contributed by atoms with Crippen LogP contribution in [0.3, 0.4) is 0 Å². The number of aliphatic carboxylic acids is 1. The molecule has 1 fully saturated rings. The number of quaternary nitrogens is 2. The molecule has 3 N–H and O–H groups in total. The van der Waals surface area contributed by atoms with Crippen molar-refractivity contribution in [2.24, 2.45) is 16.2 Å². The number of hydrogen-bond donors (Lipinski definition) is 6. The molecule has 1 aliphatic heterocycles. The number of hydrogen-bond acceptors (Lipinski definition) is 25. The predicted molar refractivity (Wildman–Crippen MR) is 353 cm³/mol. The molecule has 2 amide bonds. The maximum absolute atomic E-state index is 13.7. The van der Waals surface area contributed by atoms with E-state index in [1.165, 1.54) is 46.3 Å². The molecule has 0 aromatic heterocycles. The standard InChI is InChI=1S/C31H56N3O11PS3.C14H23NO3S2.C11H22NO6P.CH4/c1-29(23-48,27(38)43-18-19-45-46(40,41)44-17-15-34(4,5)6)21-31(3,30(2,22-32)13-11-26(36)37)28(39)42-16-14-33-25(35)10-8-7-9-24(49)12-20-47;1-11(2)14(17)18-9-8-15-13(16)6-4-3-5-12-7-10-19-20-12;1-10(2)11(13)16-8-9-18-19(14,15)17-7-6-12(3,4)5;/h24H,7-21,23H2,1-6H3,(H5-,33,35,36,37,40,41,47,48,49);12H,1,3-10H2,2H3,(H,15,16);1,6-9H2,2-5H3;1H4. The zero-order valence-corrected chi connectivity index (χ0v) is 59.6. The van der Waals surface area contributed by atoms with E-state index < -0.39 is 81.4 Å². The van der Waals surface area contributed by atoms with Crippen LogP contribution < -0.4 is 20.4 Å². The van der Waals surface area contributed by atoms with Gasteiger partial charge in [0.1, 0.15) is 52.7 Å². The predicted octanol–water partition coefficient (Wildman–Crippen LogP) is 7.19. The number of nitrogens with one attached hydrogen (secondary N) is 2. The highest BCUT2D eigenvalue weighted by Crippen LogP contribution is 2.51. The highest BCUT2D eigenvalue weighted by molar-refractivity contribution is 8.77. The van der Waals surface area contributed by atoms with Gasteiger partial charge in [-0.25, -0.2) is 9.59 Å². The van der Waals surface area contributed by atoms with Gasteiger partial charge in [0, 0.05) is 52.4 Å². The second-order valence-corrected chi connectivity index (χ2v) is 30.7. The van der Waals surface area contributed by atoms with Crippen LogP contribution in [0.25, 0.3) is 0 Å². The molecular formula is C57H105N5O20P2S5. The minimum Gasteiger partial charge on any atom is -0.756 e. The molecule has 25 nitrogen and oxygen atoms in total. The number of carbonyl (C=O) groups is 7. The van der Waals surface area contributed by atoms with Gasteiger partial charge in [-0.15, -0.1) is 0 Å². The Bertz CT molecular complexity index is 2320. The third kappa shape index (κ3) is 45.2. The summed E-state index contributed by atoms with van der Waals surface area (Å²) in [6.45, 7) is 14.1. The van der Waals surface area contributed by atoms with Crippen molar-refractivity contribution in [1.29, 1.82) is 5.26 Å². The second kappa shape index (κ2) is 47.1. The molecule has 32 heteroatoms. The average molecular weight is 1400 g/mol. The zero-order chi connectivity index (χ0) is 67.8. The Morgan fingerprint density at radius 2 is 1.15 bits per heavy atom. The first-order valence-electron chi connectivity index (χ1n) is 28.9. The minimum atomic E-state index is -4.65. The van der Waals surface area contributed by atoms with Crippen molar-refractivity contribution in [2.75, 3.05) is 139 Å². The maximum atomic E-state index is 13.7. The number of ether oxygens (including phenoxy) is 4. The molecule has 518 valence electrons. The lowest BCUT2D eigenvalue weighted by Gasteiger charge is -2.43. The molecule has 0 aromatic rings. The van der Waals surface area contributed by atoms with Crippen LogP contribution in [0.2, 0.25) is 0 Å². The Balaban J connectivity index is -0.00000150. The maximum Gasteiger partial charge on any atom is 0.333 e. The number of phosphoric ester groups is 2. The molecule has 0 bridgehead atoms. The Morgan fingerprint density at radius 1 is 0.697 bits per heavy atom. The van der Waals surface area contributed by atoms with Gasteiger partial charge in [-0.1, -0.05) is 55.0 Å². The molecule has 0 saturated carbocycles. The van der Waals surface area contributed by atoms with Gasteiger partial charge >= 0.3 is 29.8 Å². The average Bonchev–Trinajstić information content (AvgIpc) is 3.85. The van der Waals surface area contributed by atoms with Crippen molar-refractivity contribution in [3.63, 3.8) is 0 Å². The van der Waals surface area contributed by atoms with Crippen molar-refractivity contribution >= 4 is 117 Å². The van der Waals surface area contributed by atoms with Crippen LogP contribution in [0.5, 0.6) is 0 Å². The lowest BCUT2D eigenvalue weighted by atomic mass is 9.58. The van der Waals surface area contributed by atoms with E-state index in [9.17, 15) is 62.8 Å². The van der Waals surface area contributed by atoms with Crippen LogP contribution in [0.4, 0.5) is 0 Å². The van der Waals surface area contributed by atoms with Gasteiger partial charge < -0.3 is 71.5 Å². The lowest BCUT2D eigenvalue weighted by Crippen LogP contribution is -2.50. The Labute approximate surface area is 554 Å². The normalized spacial score (nSPS) is 16.6. The Kier molecular flexibility index (Phi) is 47.8. The van der Waals surface area contributed by atoms with E-state index in [4.69, 9.17) is 23.3 Å². The molecule has 0 spiro atoms. The topological polar surface area (TPSA) is 342 Å². The lowest BCUT2D eigenvalue weighted by molar-refractivity contribution is -0.870. The summed E-state index contributed by atoms with van der Waals surface area (Å²) < 4.78 is 63.6. The molecule has 1 heterocycles. The van der Waals surface area contributed by atoms with Crippen molar-refractivity contribution in [3.8, 4) is 6.07 Å². The van der Waals surface area contributed by atoms with Gasteiger partial charge in [-0.05, 0) is 91.7 Å². The molecule has 0 radical (unpaired) electrons. The highest BCUT2D eigenvalue weighted by Gasteiger charge is 2.56. The summed E-state index contributed by atoms with van der Waals surface area (Å²) in [6, 6.07) is 2.07. The number of nitriles is 1. The minimum absolute atomic E-state index is 0. The summed E-state index contributed by atoms with van der Waals surface area (Å²) in [5.74, 6) is -2.23. The molecule has 7 atom stereocenters. The summed E-state index contributed by atoms with van der Waals surface area (Å²) in [7, 11) is 6.28. The van der Waals surface area contributed by atoms with E-state index in [1.54, 1.807) is 6.92 Å². The van der Waals surface area contributed by atoms with E-state index in [2.05, 4.69) is 81.5 Å². The Morgan fingerprint density at radius 3 is 1.57 bits per heavy atom. The van der Waals surface area contributed by atoms with Gasteiger partial charge in [0.25, 0.3) is 15.6 Å². The first kappa shape index (κ1) is 90.3. The number of amides is 2. The van der Waals surface area contributed by atoms with Gasteiger partial charge in [-0.3, -0.25) is 33.1 Å². The molecule has 0 aromatic carbocycles. The molecular weight excluding hydrogens is 1300 g/mol. The monoisotopic (exact) mass is 1400 g/mol. The fourth-order valence-corrected chi connectivity index (χ4v) is 12.8. The number of rotatable bonds is 45. The quantitative estimate of drug-likeness (QED) is 0.00513. The Hall–Kier alpha value is -2.85. The molecule has 7 unspecified atom stereocenters. The summed E-state index contributed by atoms with van der Waals surface area (Å²) in [6.07, 6.45) is 7.65. The molecule has 1 aliphatic rings. The number of unbranched alkanes of at least 4 members (excludes halogenated alkanes) is 2. The van der Waals surface area contributed by atoms with Gasteiger partial charge in [0.2, 0.25) is 11.8 Å². The summed E-state index contributed by atoms with van der Waals surface area (Å²) in [5.41, 5.74) is -4.25. The number of thiol groups is 3.